The van der Waals surface area contributed by atoms with E-state index in [-0.39, 0.29) is 16.4 Å². The zero-order valence-corrected chi connectivity index (χ0v) is 12.2. The Balaban J connectivity index is 2.22. The number of hydrogen-bond donors (Lipinski definition) is 2. The van der Waals surface area contributed by atoms with Gasteiger partial charge in [-0.3, -0.25) is 9.52 Å². The fourth-order valence-electron chi connectivity index (χ4n) is 1.53. The largest absolute Gasteiger partial charge is 0.481 e. The third kappa shape index (κ3) is 3.55. The molecule has 0 spiro atoms. The molecule has 0 radical (unpaired) electrons. The normalized spacial score (nSPS) is 11.2. The summed E-state index contributed by atoms with van der Waals surface area (Å²) < 4.78 is 26.7. The molecule has 0 bridgehead atoms. The highest BCUT2D eigenvalue weighted by molar-refractivity contribution is 7.94. The second-order valence-corrected chi connectivity index (χ2v) is 7.14. The Morgan fingerprint density at radius 1 is 1.35 bits per heavy atom. The van der Waals surface area contributed by atoms with Crippen LogP contribution in [0.25, 0.3) is 0 Å². The topological polar surface area (TPSA) is 96.4 Å². The molecular formula is C12H12N2O4S2. The van der Waals surface area contributed by atoms with E-state index >= 15 is 0 Å². The number of carboxylic acids is 1. The van der Waals surface area contributed by atoms with Gasteiger partial charge in [0.1, 0.15) is 10.0 Å². The average molecular weight is 312 g/mol. The van der Waals surface area contributed by atoms with Crippen molar-refractivity contribution >= 4 is 33.1 Å². The van der Waals surface area contributed by atoms with Crippen LogP contribution >= 0.6 is 11.3 Å². The fourth-order valence-corrected chi connectivity index (χ4v) is 3.88. The molecule has 2 rings (SSSR count). The summed E-state index contributed by atoms with van der Waals surface area (Å²) in [6.45, 7) is 1.76. The van der Waals surface area contributed by atoms with Gasteiger partial charge < -0.3 is 5.11 Å². The van der Waals surface area contributed by atoms with Crippen molar-refractivity contribution in [3.63, 3.8) is 0 Å². The molecule has 8 heteroatoms. The predicted octanol–water partition coefficient (Wildman–Crippen LogP) is 1.88. The first-order chi connectivity index (χ1) is 9.37. The summed E-state index contributed by atoms with van der Waals surface area (Å²) in [4.78, 5) is 15.1. The third-order valence-electron chi connectivity index (χ3n) is 2.35. The number of aromatic nitrogens is 1. The Morgan fingerprint density at radius 2 is 2.10 bits per heavy atom. The van der Waals surface area contributed by atoms with Crippen LogP contribution in [0.1, 0.15) is 10.6 Å². The summed E-state index contributed by atoms with van der Waals surface area (Å²) in [7, 11) is -3.73. The van der Waals surface area contributed by atoms with Crippen LogP contribution in [0.2, 0.25) is 0 Å². The van der Waals surface area contributed by atoms with Gasteiger partial charge in [0.15, 0.2) is 0 Å². The maximum Gasteiger partial charge on any atom is 0.308 e. The smallest absolute Gasteiger partial charge is 0.308 e. The lowest BCUT2D eigenvalue weighted by Crippen LogP contribution is -2.12. The van der Waals surface area contributed by atoms with Gasteiger partial charge >= 0.3 is 5.97 Å². The lowest BCUT2D eigenvalue weighted by Gasteiger charge is -2.05. The predicted molar refractivity (Wildman–Crippen MR) is 75.4 cm³/mol. The minimum atomic E-state index is -3.73. The minimum Gasteiger partial charge on any atom is -0.481 e. The van der Waals surface area contributed by atoms with E-state index in [0.717, 1.165) is 11.3 Å². The number of nitrogens with zero attached hydrogens (tertiary/aromatic N) is 1. The molecule has 0 amide bonds. The number of aliphatic carboxylic acids is 1. The van der Waals surface area contributed by atoms with Crippen LogP contribution in [-0.2, 0) is 21.2 Å². The molecule has 20 heavy (non-hydrogen) atoms. The molecule has 0 aliphatic rings. The van der Waals surface area contributed by atoms with Crippen LogP contribution in [0.15, 0.2) is 34.5 Å². The van der Waals surface area contributed by atoms with Crippen molar-refractivity contribution in [1.29, 1.82) is 0 Å². The summed E-state index contributed by atoms with van der Waals surface area (Å²) in [5.41, 5.74) is 0.697. The van der Waals surface area contributed by atoms with Crippen LogP contribution in [-0.4, -0.2) is 24.5 Å². The van der Waals surface area contributed by atoms with Gasteiger partial charge in [-0.25, -0.2) is 13.4 Å². The standard InChI is InChI=1S/C12H12N2O4S2/c1-8-3-2-4-10(13-8)14-20(17,18)12-6-5-9(19-12)7-11(15)16/h2-6H,7H2,1H3,(H,13,14)(H,15,16). The van der Waals surface area contributed by atoms with Gasteiger partial charge in [0.05, 0.1) is 6.42 Å². The molecule has 0 fully saturated rings. The summed E-state index contributed by atoms with van der Waals surface area (Å²) in [5.74, 6) is -0.762. The van der Waals surface area contributed by atoms with E-state index in [9.17, 15) is 13.2 Å². The van der Waals surface area contributed by atoms with Crippen molar-refractivity contribution in [2.75, 3.05) is 4.72 Å². The van der Waals surface area contributed by atoms with Crippen molar-refractivity contribution in [3.05, 3.63) is 40.9 Å². The molecule has 0 atom stereocenters. The Morgan fingerprint density at radius 3 is 2.75 bits per heavy atom. The van der Waals surface area contributed by atoms with E-state index < -0.39 is 16.0 Å². The second-order valence-electron chi connectivity index (χ2n) is 4.06. The van der Waals surface area contributed by atoms with Crippen LogP contribution in [0.4, 0.5) is 5.82 Å². The summed E-state index contributed by atoms with van der Waals surface area (Å²) in [6, 6.07) is 7.90. The molecule has 0 aliphatic heterocycles. The fraction of sp³-hybridized carbons (Fsp3) is 0.167. The lowest BCUT2D eigenvalue weighted by atomic mass is 10.3. The molecule has 6 nitrogen and oxygen atoms in total. The summed E-state index contributed by atoms with van der Waals surface area (Å²) in [5, 5.41) is 8.68. The van der Waals surface area contributed by atoms with Gasteiger partial charge in [0.25, 0.3) is 10.0 Å². The minimum absolute atomic E-state index is 0.0667. The van der Waals surface area contributed by atoms with E-state index in [0.29, 0.717) is 10.6 Å². The van der Waals surface area contributed by atoms with Crippen molar-refractivity contribution < 1.29 is 18.3 Å². The molecular weight excluding hydrogens is 300 g/mol. The Labute approximate surface area is 120 Å². The SMILES string of the molecule is Cc1cccc(NS(=O)(=O)c2ccc(CC(=O)O)s2)n1. The third-order valence-corrected chi connectivity index (χ3v) is 5.29. The number of aryl methyl sites for hydroxylation is 1. The first-order valence-electron chi connectivity index (χ1n) is 5.64. The van der Waals surface area contributed by atoms with E-state index in [4.69, 9.17) is 5.11 Å². The van der Waals surface area contributed by atoms with Crippen LogP contribution in [0.3, 0.4) is 0 Å². The van der Waals surface area contributed by atoms with Crippen molar-refractivity contribution in [2.24, 2.45) is 0 Å². The molecule has 0 saturated carbocycles. The maximum atomic E-state index is 12.1. The zero-order valence-electron chi connectivity index (χ0n) is 10.5. The zero-order chi connectivity index (χ0) is 14.8. The van der Waals surface area contributed by atoms with Crippen molar-refractivity contribution in [3.8, 4) is 0 Å². The van der Waals surface area contributed by atoms with E-state index in [2.05, 4.69) is 9.71 Å². The number of hydrogen-bond acceptors (Lipinski definition) is 5. The molecule has 2 N–H and O–H groups in total. The average Bonchev–Trinajstić information content (AvgIpc) is 2.76. The number of carbonyl (C=O) groups is 1. The van der Waals surface area contributed by atoms with Crippen LogP contribution in [0, 0.1) is 6.92 Å². The molecule has 2 aromatic heterocycles. The maximum absolute atomic E-state index is 12.1. The highest BCUT2D eigenvalue weighted by Crippen LogP contribution is 2.24. The van der Waals surface area contributed by atoms with Crippen LogP contribution < -0.4 is 4.72 Å². The number of sulfonamides is 1. The van der Waals surface area contributed by atoms with E-state index in [1.807, 2.05) is 0 Å². The summed E-state index contributed by atoms with van der Waals surface area (Å²) >= 11 is 0.933. The lowest BCUT2D eigenvalue weighted by molar-refractivity contribution is -0.136. The van der Waals surface area contributed by atoms with Gasteiger partial charge in [0.2, 0.25) is 0 Å². The Bertz CT molecular complexity index is 737. The molecule has 0 aliphatic carbocycles. The highest BCUT2D eigenvalue weighted by Gasteiger charge is 2.18. The molecule has 2 heterocycles. The van der Waals surface area contributed by atoms with Gasteiger partial charge in [-0.15, -0.1) is 11.3 Å². The van der Waals surface area contributed by atoms with Gasteiger partial charge in [0, 0.05) is 10.6 Å². The molecule has 0 saturated heterocycles. The van der Waals surface area contributed by atoms with Crippen molar-refractivity contribution in [2.45, 2.75) is 17.6 Å². The van der Waals surface area contributed by atoms with Gasteiger partial charge in [-0.1, -0.05) is 6.07 Å². The monoisotopic (exact) mass is 312 g/mol. The van der Waals surface area contributed by atoms with E-state index in [1.165, 1.54) is 12.1 Å². The number of carboxylic acid groups (broad SMARTS) is 1. The number of pyridine rings is 1. The number of anilines is 1. The first-order valence-corrected chi connectivity index (χ1v) is 7.94. The number of rotatable bonds is 5. The number of nitrogens with one attached hydrogen (secondary N) is 1. The Hall–Kier alpha value is -1.93. The Kier molecular flexibility index (Phi) is 4.05. The molecule has 0 aromatic carbocycles. The van der Waals surface area contributed by atoms with Gasteiger partial charge in [-0.05, 0) is 31.2 Å². The van der Waals surface area contributed by atoms with Crippen LogP contribution in [0.5, 0.6) is 0 Å². The second kappa shape index (κ2) is 5.59. The number of thiophene rings is 1. The molecule has 106 valence electrons. The molecule has 0 unspecified atom stereocenters. The quantitative estimate of drug-likeness (QED) is 0.878. The van der Waals surface area contributed by atoms with E-state index in [1.54, 1.807) is 25.1 Å². The highest BCUT2D eigenvalue weighted by atomic mass is 32.2. The first kappa shape index (κ1) is 14.5. The summed E-state index contributed by atoms with van der Waals surface area (Å²) in [6.07, 6.45) is -0.192. The van der Waals surface area contributed by atoms with Crippen molar-refractivity contribution in [1.82, 2.24) is 4.98 Å². The molecule has 2 aromatic rings. The van der Waals surface area contributed by atoms with Gasteiger partial charge in [-0.2, -0.15) is 0 Å².